The van der Waals surface area contributed by atoms with Crippen LogP contribution in [-0.2, 0) is 9.59 Å². The van der Waals surface area contributed by atoms with Crippen LogP contribution in [0.3, 0.4) is 0 Å². The smallest absolute Gasteiger partial charge is 0.255 e. The summed E-state index contributed by atoms with van der Waals surface area (Å²) in [7, 11) is 0. The monoisotopic (exact) mass is 377 g/mol. The summed E-state index contributed by atoms with van der Waals surface area (Å²) < 4.78 is 0. The Morgan fingerprint density at radius 1 is 1.11 bits per heavy atom. The molecule has 2 aliphatic rings. The van der Waals surface area contributed by atoms with Crippen LogP contribution in [-0.4, -0.2) is 30.3 Å². The van der Waals surface area contributed by atoms with E-state index in [0.29, 0.717) is 42.0 Å². The Bertz CT molecular complexity index is 952. The van der Waals surface area contributed by atoms with Gasteiger partial charge in [-0.15, -0.1) is 0 Å². The Hall–Kier alpha value is -3.15. The molecule has 0 spiro atoms. The summed E-state index contributed by atoms with van der Waals surface area (Å²) in [6.07, 6.45) is 1.73. The van der Waals surface area contributed by atoms with Gasteiger partial charge in [0.05, 0.1) is 11.4 Å². The normalized spacial score (nSPS) is 18.1. The van der Waals surface area contributed by atoms with Gasteiger partial charge in [-0.25, -0.2) is 0 Å². The lowest BCUT2D eigenvalue weighted by Crippen LogP contribution is -2.52. The van der Waals surface area contributed by atoms with E-state index in [0.717, 1.165) is 12.0 Å². The highest BCUT2D eigenvalue weighted by Crippen LogP contribution is 2.41. The number of amides is 3. The molecule has 0 bridgehead atoms. The Balaban J connectivity index is 1.69. The molecular weight excluding hydrogens is 354 g/mol. The summed E-state index contributed by atoms with van der Waals surface area (Å²) in [5.74, 6) is -0.339. The molecule has 1 atom stereocenters. The van der Waals surface area contributed by atoms with Gasteiger partial charge in [-0.1, -0.05) is 24.6 Å². The second kappa shape index (κ2) is 7.11. The number of benzene rings is 2. The quantitative estimate of drug-likeness (QED) is 0.887. The van der Waals surface area contributed by atoms with E-state index in [1.165, 1.54) is 0 Å². The SMILES string of the molecule is CCCN1C(=O)C2CCC(=O)N2c2ccc(C(=O)Nc3ccc(C)cc3)cc21. The van der Waals surface area contributed by atoms with Crippen molar-refractivity contribution in [3.8, 4) is 0 Å². The largest absolute Gasteiger partial charge is 0.322 e. The Kier molecular flexibility index (Phi) is 4.63. The van der Waals surface area contributed by atoms with Gasteiger partial charge in [0.15, 0.2) is 0 Å². The molecule has 2 aliphatic heterocycles. The predicted molar refractivity (Wildman–Crippen MR) is 109 cm³/mol. The molecule has 2 heterocycles. The average molecular weight is 377 g/mol. The van der Waals surface area contributed by atoms with E-state index < -0.39 is 6.04 Å². The zero-order chi connectivity index (χ0) is 19.8. The molecule has 0 radical (unpaired) electrons. The van der Waals surface area contributed by atoms with Crippen LogP contribution in [0.1, 0.15) is 42.1 Å². The maximum atomic E-state index is 12.9. The molecule has 28 heavy (non-hydrogen) atoms. The molecule has 1 N–H and O–H groups in total. The fourth-order valence-corrected chi connectivity index (χ4v) is 3.90. The number of fused-ring (bicyclic) bond motifs is 3. The third-order valence-electron chi connectivity index (χ3n) is 5.31. The maximum Gasteiger partial charge on any atom is 0.255 e. The Morgan fingerprint density at radius 3 is 2.57 bits per heavy atom. The van der Waals surface area contributed by atoms with E-state index >= 15 is 0 Å². The van der Waals surface area contributed by atoms with Crippen LogP contribution in [0.4, 0.5) is 17.1 Å². The summed E-state index contributed by atoms with van der Waals surface area (Å²) in [5, 5.41) is 2.88. The zero-order valence-electron chi connectivity index (χ0n) is 16.1. The molecule has 4 rings (SSSR count). The minimum atomic E-state index is -0.418. The molecule has 3 amide bonds. The van der Waals surface area contributed by atoms with Crippen LogP contribution in [0.5, 0.6) is 0 Å². The number of rotatable bonds is 4. The first-order chi connectivity index (χ1) is 13.5. The third kappa shape index (κ3) is 3.05. The fraction of sp³-hybridized carbons (Fsp3) is 0.318. The summed E-state index contributed by atoms with van der Waals surface area (Å²) in [5.41, 5.74) is 3.63. The molecule has 1 unspecified atom stereocenters. The van der Waals surface area contributed by atoms with E-state index in [9.17, 15) is 14.4 Å². The number of nitrogens with zero attached hydrogens (tertiary/aromatic N) is 2. The maximum absolute atomic E-state index is 12.9. The van der Waals surface area contributed by atoms with E-state index in [1.807, 2.05) is 38.1 Å². The topological polar surface area (TPSA) is 69.7 Å². The van der Waals surface area contributed by atoms with Crippen LogP contribution in [0.15, 0.2) is 42.5 Å². The van der Waals surface area contributed by atoms with Crippen molar-refractivity contribution in [2.24, 2.45) is 0 Å². The zero-order valence-corrected chi connectivity index (χ0v) is 16.1. The van der Waals surface area contributed by atoms with Gasteiger partial charge in [-0.3, -0.25) is 19.3 Å². The summed E-state index contributed by atoms with van der Waals surface area (Å²) >= 11 is 0. The number of carbonyl (C=O) groups excluding carboxylic acids is 3. The highest BCUT2D eigenvalue weighted by atomic mass is 16.2. The molecule has 0 aromatic heterocycles. The van der Waals surface area contributed by atoms with Gasteiger partial charge >= 0.3 is 0 Å². The van der Waals surface area contributed by atoms with E-state index in [1.54, 1.807) is 28.0 Å². The van der Waals surface area contributed by atoms with Crippen molar-refractivity contribution in [1.82, 2.24) is 0 Å². The first-order valence-electron chi connectivity index (χ1n) is 9.65. The molecule has 1 saturated heterocycles. The van der Waals surface area contributed by atoms with Crippen molar-refractivity contribution >= 4 is 34.8 Å². The molecule has 0 saturated carbocycles. The van der Waals surface area contributed by atoms with Gasteiger partial charge in [0, 0.05) is 24.2 Å². The van der Waals surface area contributed by atoms with Crippen molar-refractivity contribution in [3.05, 3.63) is 53.6 Å². The highest BCUT2D eigenvalue weighted by molar-refractivity contribution is 6.16. The lowest BCUT2D eigenvalue weighted by atomic mass is 10.0. The highest BCUT2D eigenvalue weighted by Gasteiger charge is 2.44. The van der Waals surface area contributed by atoms with Gasteiger partial charge < -0.3 is 10.2 Å². The van der Waals surface area contributed by atoms with Crippen LogP contribution < -0.4 is 15.1 Å². The van der Waals surface area contributed by atoms with E-state index in [4.69, 9.17) is 0 Å². The lowest BCUT2D eigenvalue weighted by Gasteiger charge is -2.38. The van der Waals surface area contributed by atoms with Crippen LogP contribution in [0.25, 0.3) is 0 Å². The average Bonchev–Trinajstić information content (AvgIpc) is 3.08. The van der Waals surface area contributed by atoms with Crippen LogP contribution >= 0.6 is 0 Å². The fourth-order valence-electron chi connectivity index (χ4n) is 3.90. The standard InChI is InChI=1S/C22H23N3O3/c1-3-12-24-19-13-15(21(27)23-16-7-4-14(2)5-8-16)6-9-17(19)25-18(22(24)28)10-11-20(25)26/h4-9,13,18H,3,10-12H2,1-2H3,(H,23,27). The molecule has 0 aliphatic carbocycles. The molecular formula is C22H23N3O3. The number of carbonyl (C=O) groups is 3. The molecule has 6 heteroatoms. The van der Waals surface area contributed by atoms with Crippen LogP contribution in [0, 0.1) is 6.92 Å². The molecule has 2 aromatic carbocycles. The van der Waals surface area contributed by atoms with Crippen molar-refractivity contribution in [3.63, 3.8) is 0 Å². The van der Waals surface area contributed by atoms with E-state index in [-0.39, 0.29) is 17.7 Å². The summed E-state index contributed by atoms with van der Waals surface area (Å²) in [6.45, 7) is 4.56. The number of aryl methyl sites for hydroxylation is 1. The molecule has 1 fully saturated rings. The van der Waals surface area contributed by atoms with Gasteiger partial charge in [-0.2, -0.15) is 0 Å². The van der Waals surface area contributed by atoms with E-state index in [2.05, 4.69) is 5.32 Å². The lowest BCUT2D eigenvalue weighted by molar-refractivity contribution is -0.122. The number of hydrogen-bond acceptors (Lipinski definition) is 3. The first kappa shape index (κ1) is 18.2. The summed E-state index contributed by atoms with van der Waals surface area (Å²) in [6, 6.07) is 12.4. The number of nitrogens with one attached hydrogen (secondary N) is 1. The summed E-state index contributed by atoms with van der Waals surface area (Å²) in [4.78, 5) is 41.3. The van der Waals surface area contributed by atoms with Crippen molar-refractivity contribution in [2.45, 2.75) is 39.2 Å². The second-order valence-corrected chi connectivity index (χ2v) is 7.33. The van der Waals surface area contributed by atoms with Crippen LogP contribution in [0.2, 0.25) is 0 Å². The molecule has 144 valence electrons. The van der Waals surface area contributed by atoms with Crippen molar-refractivity contribution in [2.75, 3.05) is 21.7 Å². The molecule has 2 aromatic rings. The van der Waals surface area contributed by atoms with Crippen molar-refractivity contribution in [1.29, 1.82) is 0 Å². The molecule has 6 nitrogen and oxygen atoms in total. The van der Waals surface area contributed by atoms with Crippen molar-refractivity contribution < 1.29 is 14.4 Å². The Labute approximate surface area is 164 Å². The van der Waals surface area contributed by atoms with Gasteiger partial charge in [0.1, 0.15) is 6.04 Å². The van der Waals surface area contributed by atoms with Gasteiger partial charge in [-0.05, 0) is 50.1 Å². The van der Waals surface area contributed by atoms with Gasteiger partial charge in [0.2, 0.25) is 11.8 Å². The number of anilines is 3. The van der Waals surface area contributed by atoms with Gasteiger partial charge in [0.25, 0.3) is 5.91 Å². The minimum Gasteiger partial charge on any atom is -0.322 e. The first-order valence-corrected chi connectivity index (χ1v) is 9.65. The predicted octanol–water partition coefficient (Wildman–Crippen LogP) is 3.50. The second-order valence-electron chi connectivity index (χ2n) is 7.33. The Morgan fingerprint density at radius 2 is 1.86 bits per heavy atom. The third-order valence-corrected chi connectivity index (χ3v) is 5.31. The minimum absolute atomic E-state index is 0.0346. The number of hydrogen-bond donors (Lipinski definition) is 1.